The summed E-state index contributed by atoms with van der Waals surface area (Å²) in [6, 6.07) is 8.96. The molecule has 136 valence electrons. The Balaban J connectivity index is 1.49. The second kappa shape index (κ2) is 6.80. The first-order chi connectivity index (χ1) is 12.7. The number of rotatable bonds is 4. The SMILES string of the molecule is COc1ccc(CN2C(=O)CO[C@H]3CN(C(=O)c4ccno4)C[C@H]32)cc1. The van der Waals surface area contributed by atoms with Crippen molar-refractivity contribution in [1.29, 1.82) is 0 Å². The van der Waals surface area contributed by atoms with E-state index in [2.05, 4.69) is 5.16 Å². The van der Waals surface area contributed by atoms with Crippen LogP contribution in [0.25, 0.3) is 0 Å². The molecular formula is C18H19N3O5. The number of likely N-dealkylation sites (tertiary alicyclic amines) is 1. The lowest BCUT2D eigenvalue weighted by Gasteiger charge is -2.36. The largest absolute Gasteiger partial charge is 0.497 e. The number of fused-ring (bicyclic) bond motifs is 1. The number of carbonyl (C=O) groups excluding carboxylic acids is 2. The summed E-state index contributed by atoms with van der Waals surface area (Å²) in [5.41, 5.74) is 1.000. The minimum Gasteiger partial charge on any atom is -0.497 e. The van der Waals surface area contributed by atoms with E-state index < -0.39 is 0 Å². The molecule has 2 aliphatic rings. The van der Waals surface area contributed by atoms with Crippen molar-refractivity contribution in [2.75, 3.05) is 26.8 Å². The molecule has 1 aromatic heterocycles. The lowest BCUT2D eigenvalue weighted by molar-refractivity contribution is -0.153. The van der Waals surface area contributed by atoms with E-state index in [4.69, 9.17) is 14.0 Å². The molecule has 8 heteroatoms. The molecule has 0 aliphatic carbocycles. The van der Waals surface area contributed by atoms with Gasteiger partial charge in [0.05, 0.1) is 25.5 Å². The summed E-state index contributed by atoms with van der Waals surface area (Å²) in [7, 11) is 1.61. The Bertz CT molecular complexity index is 790. The molecule has 1 aromatic carbocycles. The Morgan fingerprint density at radius 1 is 1.27 bits per heavy atom. The normalized spacial score (nSPS) is 22.4. The van der Waals surface area contributed by atoms with Crippen LogP contribution < -0.4 is 4.74 Å². The average molecular weight is 357 g/mol. The Labute approximate surface area is 150 Å². The number of aromatic nitrogens is 1. The van der Waals surface area contributed by atoms with E-state index >= 15 is 0 Å². The third-order valence-corrected chi connectivity index (χ3v) is 4.83. The molecule has 0 unspecified atom stereocenters. The molecule has 8 nitrogen and oxygen atoms in total. The number of morpholine rings is 1. The first-order valence-corrected chi connectivity index (χ1v) is 8.39. The standard InChI is InChI=1S/C18H19N3O5/c1-24-13-4-2-12(3-5-13)8-21-14-9-20(10-16(14)25-11-17(21)22)18(23)15-6-7-19-26-15/h2-7,14,16H,8-11H2,1H3/t14-,16+/m1/s1. The zero-order valence-electron chi connectivity index (χ0n) is 14.3. The van der Waals surface area contributed by atoms with Crippen LogP contribution in [0.1, 0.15) is 16.1 Å². The molecule has 26 heavy (non-hydrogen) atoms. The molecule has 2 aliphatic heterocycles. The van der Waals surface area contributed by atoms with Gasteiger partial charge in [-0.1, -0.05) is 17.3 Å². The van der Waals surface area contributed by atoms with Gasteiger partial charge in [0, 0.05) is 25.7 Å². The van der Waals surface area contributed by atoms with Crippen molar-refractivity contribution in [3.8, 4) is 5.75 Å². The molecule has 2 atom stereocenters. The Morgan fingerprint density at radius 3 is 2.77 bits per heavy atom. The molecule has 2 aromatic rings. The van der Waals surface area contributed by atoms with Gasteiger partial charge in [-0.25, -0.2) is 0 Å². The van der Waals surface area contributed by atoms with Crippen LogP contribution in [0.15, 0.2) is 41.1 Å². The molecule has 0 radical (unpaired) electrons. The number of hydrogen-bond acceptors (Lipinski definition) is 6. The lowest BCUT2D eigenvalue weighted by atomic mass is 10.1. The summed E-state index contributed by atoms with van der Waals surface area (Å²) < 4.78 is 15.8. The highest BCUT2D eigenvalue weighted by molar-refractivity contribution is 5.91. The van der Waals surface area contributed by atoms with Crippen molar-refractivity contribution in [2.45, 2.75) is 18.7 Å². The molecule has 0 N–H and O–H groups in total. The van der Waals surface area contributed by atoms with E-state index in [0.29, 0.717) is 19.6 Å². The molecule has 3 heterocycles. The van der Waals surface area contributed by atoms with Gasteiger partial charge in [-0.15, -0.1) is 0 Å². The van der Waals surface area contributed by atoms with Gasteiger partial charge in [0.15, 0.2) is 0 Å². The van der Waals surface area contributed by atoms with Crippen LogP contribution in [0, 0.1) is 0 Å². The maximum absolute atomic E-state index is 12.5. The second-order valence-corrected chi connectivity index (χ2v) is 6.37. The maximum atomic E-state index is 12.5. The number of carbonyl (C=O) groups is 2. The van der Waals surface area contributed by atoms with Crippen molar-refractivity contribution >= 4 is 11.8 Å². The number of benzene rings is 1. The van der Waals surface area contributed by atoms with Crippen LogP contribution in [0.4, 0.5) is 0 Å². The van der Waals surface area contributed by atoms with E-state index in [0.717, 1.165) is 11.3 Å². The Hall–Kier alpha value is -2.87. The minimum atomic E-state index is -0.239. The van der Waals surface area contributed by atoms with Crippen molar-refractivity contribution in [3.63, 3.8) is 0 Å². The summed E-state index contributed by atoms with van der Waals surface area (Å²) in [4.78, 5) is 28.3. The van der Waals surface area contributed by atoms with E-state index in [1.165, 1.54) is 12.3 Å². The smallest absolute Gasteiger partial charge is 0.292 e. The predicted molar refractivity (Wildman–Crippen MR) is 89.5 cm³/mol. The van der Waals surface area contributed by atoms with Crippen LogP contribution in [-0.2, 0) is 16.1 Å². The van der Waals surface area contributed by atoms with Crippen LogP contribution in [-0.4, -0.2) is 65.7 Å². The van der Waals surface area contributed by atoms with Crippen LogP contribution in [0.5, 0.6) is 5.75 Å². The van der Waals surface area contributed by atoms with Crippen LogP contribution in [0.2, 0.25) is 0 Å². The molecule has 2 amide bonds. The number of amides is 2. The topological polar surface area (TPSA) is 85.1 Å². The van der Waals surface area contributed by atoms with Gasteiger partial charge in [-0.3, -0.25) is 9.59 Å². The molecular weight excluding hydrogens is 338 g/mol. The minimum absolute atomic E-state index is 0.0294. The van der Waals surface area contributed by atoms with Crippen LogP contribution >= 0.6 is 0 Å². The van der Waals surface area contributed by atoms with Gasteiger partial charge in [0.25, 0.3) is 5.91 Å². The number of hydrogen-bond donors (Lipinski definition) is 0. The lowest BCUT2D eigenvalue weighted by Crippen LogP contribution is -2.53. The van der Waals surface area contributed by atoms with E-state index in [9.17, 15) is 9.59 Å². The number of nitrogens with zero attached hydrogens (tertiary/aromatic N) is 3. The third kappa shape index (κ3) is 3.03. The van der Waals surface area contributed by atoms with Crippen molar-refractivity contribution < 1.29 is 23.6 Å². The Morgan fingerprint density at radius 2 is 2.08 bits per heavy atom. The first kappa shape index (κ1) is 16.6. The summed E-state index contributed by atoms with van der Waals surface area (Å²) in [5, 5.41) is 3.57. The highest BCUT2D eigenvalue weighted by Crippen LogP contribution is 2.26. The second-order valence-electron chi connectivity index (χ2n) is 6.37. The zero-order valence-corrected chi connectivity index (χ0v) is 14.3. The van der Waals surface area contributed by atoms with Crippen molar-refractivity contribution in [3.05, 3.63) is 47.9 Å². The fourth-order valence-corrected chi connectivity index (χ4v) is 3.45. The fourth-order valence-electron chi connectivity index (χ4n) is 3.45. The van der Waals surface area contributed by atoms with Gasteiger partial charge in [0.2, 0.25) is 11.7 Å². The molecule has 0 saturated carbocycles. The zero-order chi connectivity index (χ0) is 18.1. The van der Waals surface area contributed by atoms with Gasteiger partial charge in [0.1, 0.15) is 12.4 Å². The molecule has 2 saturated heterocycles. The highest BCUT2D eigenvalue weighted by atomic mass is 16.5. The fraction of sp³-hybridized carbons (Fsp3) is 0.389. The Kier molecular flexibility index (Phi) is 4.34. The van der Waals surface area contributed by atoms with Gasteiger partial charge < -0.3 is 23.8 Å². The quantitative estimate of drug-likeness (QED) is 0.809. The molecule has 0 spiro atoms. The van der Waals surface area contributed by atoms with Gasteiger partial charge in [-0.2, -0.15) is 0 Å². The first-order valence-electron chi connectivity index (χ1n) is 8.39. The highest BCUT2D eigenvalue weighted by Gasteiger charge is 2.45. The number of methoxy groups -OCH3 is 1. The predicted octanol–water partition coefficient (Wildman–Crippen LogP) is 0.935. The summed E-state index contributed by atoms with van der Waals surface area (Å²) in [5.74, 6) is 0.648. The molecule has 0 bridgehead atoms. The van der Waals surface area contributed by atoms with Crippen molar-refractivity contribution in [1.82, 2.24) is 15.0 Å². The monoisotopic (exact) mass is 357 g/mol. The molecule has 2 fully saturated rings. The third-order valence-electron chi connectivity index (χ3n) is 4.83. The van der Waals surface area contributed by atoms with Gasteiger partial charge in [-0.05, 0) is 17.7 Å². The summed E-state index contributed by atoms with van der Waals surface area (Å²) in [6.45, 7) is 1.34. The van der Waals surface area contributed by atoms with E-state index in [1.807, 2.05) is 24.3 Å². The summed E-state index contributed by atoms with van der Waals surface area (Å²) >= 11 is 0. The van der Waals surface area contributed by atoms with E-state index in [1.54, 1.807) is 16.9 Å². The van der Waals surface area contributed by atoms with Crippen LogP contribution in [0.3, 0.4) is 0 Å². The van der Waals surface area contributed by atoms with E-state index in [-0.39, 0.29) is 36.3 Å². The number of ether oxygens (including phenoxy) is 2. The van der Waals surface area contributed by atoms with Crippen molar-refractivity contribution in [2.24, 2.45) is 0 Å². The summed E-state index contributed by atoms with van der Waals surface area (Å²) in [6.07, 6.45) is 1.24. The molecule has 4 rings (SSSR count). The average Bonchev–Trinajstić information content (AvgIpc) is 3.34. The maximum Gasteiger partial charge on any atom is 0.292 e. The van der Waals surface area contributed by atoms with Gasteiger partial charge >= 0.3 is 0 Å².